The number of hydrogen-bond donors (Lipinski definition) is 1. The summed E-state index contributed by atoms with van der Waals surface area (Å²) in [7, 11) is 0. The van der Waals surface area contributed by atoms with E-state index >= 15 is 0 Å². The lowest BCUT2D eigenvalue weighted by Crippen LogP contribution is -2.53. The summed E-state index contributed by atoms with van der Waals surface area (Å²) in [6, 6.07) is 0. The molecule has 2 spiro atoms. The van der Waals surface area contributed by atoms with Gasteiger partial charge >= 0.3 is 0 Å². The molecule has 0 amide bonds. The molecule has 4 heteroatoms. The molecule has 14 heavy (non-hydrogen) atoms. The van der Waals surface area contributed by atoms with Crippen LogP contribution in [-0.2, 0) is 14.2 Å². The summed E-state index contributed by atoms with van der Waals surface area (Å²) in [4.78, 5) is 0. The maximum absolute atomic E-state index is 5.63. The number of rotatable bonds is 1. The zero-order valence-electron chi connectivity index (χ0n) is 8.33. The zero-order chi connectivity index (χ0) is 9.65. The molecule has 0 aromatic rings. The predicted molar refractivity (Wildman–Crippen MR) is 49.7 cm³/mol. The minimum atomic E-state index is -0.243. The van der Waals surface area contributed by atoms with Crippen molar-refractivity contribution in [2.75, 3.05) is 26.4 Å². The zero-order valence-corrected chi connectivity index (χ0v) is 8.33. The van der Waals surface area contributed by atoms with Gasteiger partial charge in [0.05, 0.1) is 25.9 Å². The Labute approximate surface area is 83.7 Å². The van der Waals surface area contributed by atoms with Crippen molar-refractivity contribution in [3.63, 3.8) is 0 Å². The van der Waals surface area contributed by atoms with Gasteiger partial charge in [0.1, 0.15) is 0 Å². The molecule has 0 radical (unpaired) electrons. The molecule has 1 unspecified atom stereocenters. The van der Waals surface area contributed by atoms with E-state index in [1.807, 2.05) is 0 Å². The van der Waals surface area contributed by atoms with Crippen molar-refractivity contribution >= 4 is 0 Å². The third-order valence-electron chi connectivity index (χ3n) is 3.65. The Morgan fingerprint density at radius 3 is 2.50 bits per heavy atom. The Hall–Kier alpha value is -0.160. The highest BCUT2D eigenvalue weighted by atomic mass is 16.7. The van der Waals surface area contributed by atoms with Crippen LogP contribution in [-0.4, -0.2) is 38.3 Å². The second-order valence-corrected chi connectivity index (χ2v) is 4.83. The van der Waals surface area contributed by atoms with Gasteiger partial charge in [0.25, 0.3) is 0 Å². The SMILES string of the molecule is NCC1CC2(CO1)CC1(C2)OCCO1. The molecular formula is C10H17NO3. The van der Waals surface area contributed by atoms with Crippen LogP contribution < -0.4 is 5.73 Å². The van der Waals surface area contributed by atoms with Crippen LogP contribution in [0.2, 0.25) is 0 Å². The van der Waals surface area contributed by atoms with Crippen molar-refractivity contribution < 1.29 is 14.2 Å². The van der Waals surface area contributed by atoms with Crippen molar-refractivity contribution in [2.45, 2.75) is 31.2 Å². The van der Waals surface area contributed by atoms with Gasteiger partial charge in [-0.25, -0.2) is 0 Å². The molecule has 80 valence electrons. The summed E-state index contributed by atoms with van der Waals surface area (Å²) in [6.45, 7) is 2.97. The van der Waals surface area contributed by atoms with Gasteiger partial charge in [-0.3, -0.25) is 0 Å². The monoisotopic (exact) mass is 199 g/mol. The van der Waals surface area contributed by atoms with Gasteiger partial charge in [-0.1, -0.05) is 0 Å². The Bertz CT molecular complexity index is 230. The standard InChI is InChI=1S/C10H17NO3/c11-4-8-3-9(7-12-8)5-10(6-9)13-1-2-14-10/h8H,1-7,11H2. The van der Waals surface area contributed by atoms with Crippen LogP contribution in [0.5, 0.6) is 0 Å². The van der Waals surface area contributed by atoms with Crippen LogP contribution in [0.1, 0.15) is 19.3 Å². The Morgan fingerprint density at radius 1 is 1.21 bits per heavy atom. The molecule has 1 saturated carbocycles. The Morgan fingerprint density at radius 2 is 1.93 bits per heavy atom. The van der Waals surface area contributed by atoms with Gasteiger partial charge < -0.3 is 19.9 Å². The highest BCUT2D eigenvalue weighted by molar-refractivity contribution is 5.05. The van der Waals surface area contributed by atoms with Crippen molar-refractivity contribution in [1.82, 2.24) is 0 Å². The third kappa shape index (κ3) is 1.21. The lowest BCUT2D eigenvalue weighted by Gasteiger charge is -2.50. The van der Waals surface area contributed by atoms with E-state index in [1.54, 1.807) is 0 Å². The van der Waals surface area contributed by atoms with Crippen molar-refractivity contribution in [1.29, 1.82) is 0 Å². The smallest absolute Gasteiger partial charge is 0.169 e. The Balaban J connectivity index is 1.62. The van der Waals surface area contributed by atoms with Crippen LogP contribution in [0.4, 0.5) is 0 Å². The average Bonchev–Trinajstić information content (AvgIpc) is 2.73. The van der Waals surface area contributed by atoms with E-state index in [-0.39, 0.29) is 11.9 Å². The quantitative estimate of drug-likeness (QED) is 0.658. The van der Waals surface area contributed by atoms with E-state index in [2.05, 4.69) is 0 Å². The second kappa shape index (κ2) is 2.92. The van der Waals surface area contributed by atoms with Crippen LogP contribution in [0.25, 0.3) is 0 Å². The summed E-state index contributed by atoms with van der Waals surface area (Å²) in [5, 5.41) is 0. The van der Waals surface area contributed by atoms with E-state index in [0.29, 0.717) is 12.0 Å². The first kappa shape index (κ1) is 9.09. The molecule has 1 atom stereocenters. The van der Waals surface area contributed by atoms with Crippen LogP contribution in [0.15, 0.2) is 0 Å². The fourth-order valence-electron chi connectivity index (χ4n) is 3.09. The molecule has 0 aromatic heterocycles. The average molecular weight is 199 g/mol. The molecule has 0 aromatic carbocycles. The van der Waals surface area contributed by atoms with Crippen molar-refractivity contribution in [3.8, 4) is 0 Å². The number of hydrogen-bond acceptors (Lipinski definition) is 4. The van der Waals surface area contributed by atoms with E-state index in [0.717, 1.165) is 39.1 Å². The highest BCUT2D eigenvalue weighted by Crippen LogP contribution is 2.57. The number of ether oxygens (including phenoxy) is 3. The van der Waals surface area contributed by atoms with E-state index < -0.39 is 0 Å². The molecule has 3 fully saturated rings. The maximum Gasteiger partial charge on any atom is 0.169 e. The van der Waals surface area contributed by atoms with Gasteiger partial charge in [-0.2, -0.15) is 0 Å². The lowest BCUT2D eigenvalue weighted by molar-refractivity contribution is -0.260. The second-order valence-electron chi connectivity index (χ2n) is 4.83. The molecule has 2 saturated heterocycles. The van der Waals surface area contributed by atoms with Gasteiger partial charge in [0.15, 0.2) is 5.79 Å². The first-order valence-electron chi connectivity index (χ1n) is 5.36. The molecule has 2 aliphatic heterocycles. The fourth-order valence-corrected chi connectivity index (χ4v) is 3.09. The molecular weight excluding hydrogens is 182 g/mol. The molecule has 3 aliphatic rings. The van der Waals surface area contributed by atoms with E-state index in [9.17, 15) is 0 Å². The van der Waals surface area contributed by atoms with Gasteiger partial charge in [-0.05, 0) is 6.42 Å². The molecule has 1 aliphatic carbocycles. The minimum Gasteiger partial charge on any atom is -0.376 e. The van der Waals surface area contributed by atoms with Crippen molar-refractivity contribution in [2.24, 2.45) is 11.1 Å². The van der Waals surface area contributed by atoms with E-state index in [4.69, 9.17) is 19.9 Å². The molecule has 2 heterocycles. The summed E-state index contributed by atoms with van der Waals surface area (Å²) < 4.78 is 16.9. The van der Waals surface area contributed by atoms with Crippen molar-refractivity contribution in [3.05, 3.63) is 0 Å². The summed E-state index contributed by atoms with van der Waals surface area (Å²) in [6.07, 6.45) is 3.33. The maximum atomic E-state index is 5.63. The fraction of sp³-hybridized carbons (Fsp3) is 1.00. The van der Waals surface area contributed by atoms with Crippen LogP contribution >= 0.6 is 0 Å². The lowest BCUT2D eigenvalue weighted by atomic mass is 9.63. The summed E-state index contributed by atoms with van der Waals surface area (Å²) in [5.74, 6) is -0.243. The normalized spacial score (nSPS) is 37.9. The highest BCUT2D eigenvalue weighted by Gasteiger charge is 2.60. The molecule has 3 rings (SSSR count). The van der Waals surface area contributed by atoms with Crippen LogP contribution in [0.3, 0.4) is 0 Å². The topological polar surface area (TPSA) is 53.7 Å². The molecule has 4 nitrogen and oxygen atoms in total. The Kier molecular flexibility index (Phi) is 1.89. The largest absolute Gasteiger partial charge is 0.376 e. The summed E-state index contributed by atoms with van der Waals surface area (Å²) >= 11 is 0. The predicted octanol–water partition coefficient (Wildman–Crippen LogP) is 0.257. The first-order chi connectivity index (χ1) is 6.76. The van der Waals surface area contributed by atoms with Crippen LogP contribution in [0, 0.1) is 5.41 Å². The first-order valence-corrected chi connectivity index (χ1v) is 5.36. The van der Waals surface area contributed by atoms with Gasteiger partial charge in [0, 0.05) is 24.8 Å². The third-order valence-corrected chi connectivity index (χ3v) is 3.65. The number of nitrogens with two attached hydrogens (primary N) is 1. The minimum absolute atomic E-state index is 0.243. The van der Waals surface area contributed by atoms with Gasteiger partial charge in [-0.15, -0.1) is 0 Å². The molecule has 2 N–H and O–H groups in total. The van der Waals surface area contributed by atoms with E-state index in [1.165, 1.54) is 0 Å². The summed E-state index contributed by atoms with van der Waals surface area (Å²) in [5.41, 5.74) is 5.91. The molecule has 0 bridgehead atoms. The van der Waals surface area contributed by atoms with Gasteiger partial charge in [0.2, 0.25) is 0 Å².